The first-order chi connectivity index (χ1) is 9.79. The van der Waals surface area contributed by atoms with E-state index in [0.717, 1.165) is 50.5 Å². The summed E-state index contributed by atoms with van der Waals surface area (Å²) in [6.07, 6.45) is 0. The molecule has 1 aromatic carbocycles. The molecule has 0 unspecified atom stereocenters. The van der Waals surface area contributed by atoms with Gasteiger partial charge in [-0.2, -0.15) is 4.98 Å². The first-order valence-electron chi connectivity index (χ1n) is 6.92. The van der Waals surface area contributed by atoms with E-state index in [9.17, 15) is 0 Å². The Morgan fingerprint density at radius 2 is 2.00 bits per heavy atom. The largest absolute Gasteiger partial charge is 0.423 e. The molecule has 2 aliphatic heterocycles. The SMILES string of the molecule is Clc1ccc2nc(N3CC(N4CCOCC4)C3)oc2c1. The second-order valence-corrected chi connectivity index (χ2v) is 5.75. The van der Waals surface area contributed by atoms with Gasteiger partial charge in [0.1, 0.15) is 5.52 Å². The minimum Gasteiger partial charge on any atom is -0.423 e. The van der Waals surface area contributed by atoms with Gasteiger partial charge in [0.25, 0.3) is 6.01 Å². The number of fused-ring (bicyclic) bond motifs is 1. The third-order valence-corrected chi connectivity index (χ3v) is 4.27. The highest BCUT2D eigenvalue weighted by Gasteiger charge is 2.34. The van der Waals surface area contributed by atoms with Gasteiger partial charge in [0, 0.05) is 43.3 Å². The summed E-state index contributed by atoms with van der Waals surface area (Å²) in [6.45, 7) is 5.69. The van der Waals surface area contributed by atoms with Crippen molar-refractivity contribution >= 4 is 28.7 Å². The average molecular weight is 294 g/mol. The van der Waals surface area contributed by atoms with Gasteiger partial charge in [-0.1, -0.05) is 11.6 Å². The van der Waals surface area contributed by atoms with E-state index in [-0.39, 0.29) is 0 Å². The van der Waals surface area contributed by atoms with Gasteiger partial charge in [0.15, 0.2) is 5.58 Å². The highest BCUT2D eigenvalue weighted by atomic mass is 35.5. The summed E-state index contributed by atoms with van der Waals surface area (Å²) in [5.41, 5.74) is 1.61. The number of hydrogen-bond acceptors (Lipinski definition) is 5. The van der Waals surface area contributed by atoms with Gasteiger partial charge in [0.2, 0.25) is 0 Å². The Hall–Kier alpha value is -1.30. The zero-order valence-corrected chi connectivity index (χ0v) is 11.8. The predicted octanol–water partition coefficient (Wildman–Crippen LogP) is 2.00. The average Bonchev–Trinajstić information content (AvgIpc) is 2.80. The Kier molecular flexibility index (Phi) is 3.06. The molecule has 0 atom stereocenters. The molecule has 4 rings (SSSR count). The molecule has 0 aliphatic carbocycles. The van der Waals surface area contributed by atoms with Crippen molar-refractivity contribution < 1.29 is 9.15 Å². The van der Waals surface area contributed by atoms with E-state index in [0.29, 0.717) is 17.1 Å². The minimum absolute atomic E-state index is 0.595. The van der Waals surface area contributed by atoms with Crippen molar-refractivity contribution in [3.8, 4) is 0 Å². The lowest BCUT2D eigenvalue weighted by atomic mass is 10.1. The van der Waals surface area contributed by atoms with Gasteiger partial charge < -0.3 is 14.1 Å². The van der Waals surface area contributed by atoms with Gasteiger partial charge in [0.05, 0.1) is 13.2 Å². The summed E-state index contributed by atoms with van der Waals surface area (Å²) < 4.78 is 11.2. The van der Waals surface area contributed by atoms with Crippen LogP contribution < -0.4 is 4.90 Å². The van der Waals surface area contributed by atoms with E-state index in [2.05, 4.69) is 14.8 Å². The summed E-state index contributed by atoms with van der Waals surface area (Å²) >= 11 is 5.96. The van der Waals surface area contributed by atoms with Gasteiger partial charge in [-0.3, -0.25) is 4.90 Å². The zero-order chi connectivity index (χ0) is 13.5. The van der Waals surface area contributed by atoms with Crippen LogP contribution in [0.1, 0.15) is 0 Å². The van der Waals surface area contributed by atoms with Crippen LogP contribution in [0.15, 0.2) is 22.6 Å². The minimum atomic E-state index is 0.595. The lowest BCUT2D eigenvalue weighted by molar-refractivity contribution is 0.00988. The van der Waals surface area contributed by atoms with Crippen molar-refractivity contribution in [3.05, 3.63) is 23.2 Å². The van der Waals surface area contributed by atoms with Crippen LogP contribution >= 0.6 is 11.6 Å². The molecule has 0 bridgehead atoms. The summed E-state index contributed by atoms with van der Waals surface area (Å²) in [5.74, 6) is 0. The fraction of sp³-hybridized carbons (Fsp3) is 0.500. The Bertz CT molecular complexity index is 618. The number of ether oxygens (including phenoxy) is 1. The number of oxazole rings is 1. The van der Waals surface area contributed by atoms with Gasteiger partial charge in [-0.05, 0) is 12.1 Å². The van der Waals surface area contributed by atoms with Gasteiger partial charge in [-0.25, -0.2) is 0 Å². The van der Waals surface area contributed by atoms with E-state index in [1.807, 2.05) is 18.2 Å². The van der Waals surface area contributed by atoms with E-state index in [4.69, 9.17) is 20.8 Å². The topological polar surface area (TPSA) is 41.7 Å². The summed E-state index contributed by atoms with van der Waals surface area (Å²) in [6, 6.07) is 6.84. The number of benzene rings is 1. The van der Waals surface area contributed by atoms with E-state index >= 15 is 0 Å². The normalized spacial score (nSPS) is 21.4. The van der Waals surface area contributed by atoms with Crippen LogP contribution in [0.3, 0.4) is 0 Å². The number of anilines is 1. The zero-order valence-electron chi connectivity index (χ0n) is 11.1. The molecule has 1 aromatic heterocycles. The molecule has 6 heteroatoms. The molecule has 2 saturated heterocycles. The summed E-state index contributed by atoms with van der Waals surface area (Å²) in [7, 11) is 0. The number of aromatic nitrogens is 1. The van der Waals surface area contributed by atoms with Crippen molar-refractivity contribution in [2.24, 2.45) is 0 Å². The Balaban J connectivity index is 1.46. The molecule has 0 amide bonds. The van der Waals surface area contributed by atoms with Crippen molar-refractivity contribution in [1.82, 2.24) is 9.88 Å². The molecule has 5 nitrogen and oxygen atoms in total. The number of morpholine rings is 1. The van der Waals surface area contributed by atoms with Crippen LogP contribution in [-0.4, -0.2) is 55.3 Å². The molecule has 20 heavy (non-hydrogen) atoms. The van der Waals surface area contributed by atoms with Crippen LogP contribution in [0.5, 0.6) is 0 Å². The van der Waals surface area contributed by atoms with Crippen LogP contribution in [0.2, 0.25) is 5.02 Å². The molecule has 2 fully saturated rings. The number of hydrogen-bond donors (Lipinski definition) is 0. The molecular formula is C14H16ClN3O2. The maximum atomic E-state index is 5.96. The molecular weight excluding hydrogens is 278 g/mol. The van der Waals surface area contributed by atoms with Crippen LogP contribution in [0, 0.1) is 0 Å². The third kappa shape index (κ3) is 2.16. The molecule has 2 aliphatic rings. The quantitative estimate of drug-likeness (QED) is 0.847. The lowest BCUT2D eigenvalue weighted by Crippen LogP contribution is -2.61. The first-order valence-corrected chi connectivity index (χ1v) is 7.30. The maximum absolute atomic E-state index is 5.96. The first kappa shape index (κ1) is 12.4. The molecule has 0 spiro atoms. The van der Waals surface area contributed by atoms with Crippen molar-refractivity contribution in [2.45, 2.75) is 6.04 Å². The summed E-state index contributed by atoms with van der Waals surface area (Å²) in [4.78, 5) is 9.17. The Morgan fingerprint density at radius 1 is 1.20 bits per heavy atom. The van der Waals surface area contributed by atoms with Gasteiger partial charge >= 0.3 is 0 Å². The van der Waals surface area contributed by atoms with Crippen LogP contribution in [-0.2, 0) is 4.74 Å². The standard InChI is InChI=1S/C14H16ClN3O2/c15-10-1-2-12-13(7-10)20-14(16-12)18-8-11(9-18)17-3-5-19-6-4-17/h1-2,7,11H,3-6,8-9H2. The fourth-order valence-electron chi connectivity index (χ4n) is 2.81. The van der Waals surface area contributed by atoms with Gasteiger partial charge in [-0.15, -0.1) is 0 Å². The maximum Gasteiger partial charge on any atom is 0.298 e. The molecule has 0 saturated carbocycles. The smallest absolute Gasteiger partial charge is 0.298 e. The number of nitrogens with zero attached hydrogens (tertiary/aromatic N) is 3. The molecule has 0 N–H and O–H groups in total. The molecule has 2 aromatic rings. The second kappa shape index (κ2) is 4.91. The fourth-order valence-corrected chi connectivity index (χ4v) is 2.97. The predicted molar refractivity (Wildman–Crippen MR) is 77.4 cm³/mol. The second-order valence-electron chi connectivity index (χ2n) is 5.32. The van der Waals surface area contributed by atoms with Crippen molar-refractivity contribution in [2.75, 3.05) is 44.3 Å². The number of rotatable bonds is 2. The Morgan fingerprint density at radius 3 is 2.80 bits per heavy atom. The summed E-state index contributed by atoms with van der Waals surface area (Å²) in [5, 5.41) is 0.676. The highest BCUT2D eigenvalue weighted by molar-refractivity contribution is 6.31. The molecule has 106 valence electrons. The van der Waals surface area contributed by atoms with Crippen molar-refractivity contribution in [3.63, 3.8) is 0 Å². The Labute approximate surface area is 122 Å². The van der Waals surface area contributed by atoms with E-state index < -0.39 is 0 Å². The lowest BCUT2D eigenvalue weighted by Gasteiger charge is -2.45. The van der Waals surface area contributed by atoms with E-state index in [1.165, 1.54) is 0 Å². The van der Waals surface area contributed by atoms with Crippen molar-refractivity contribution in [1.29, 1.82) is 0 Å². The monoisotopic (exact) mass is 293 g/mol. The number of halogens is 1. The third-order valence-electron chi connectivity index (χ3n) is 4.03. The highest BCUT2D eigenvalue weighted by Crippen LogP contribution is 2.28. The van der Waals surface area contributed by atoms with Crippen LogP contribution in [0.25, 0.3) is 11.1 Å². The van der Waals surface area contributed by atoms with E-state index in [1.54, 1.807) is 0 Å². The molecule has 0 radical (unpaired) electrons. The van der Waals surface area contributed by atoms with Crippen LogP contribution in [0.4, 0.5) is 6.01 Å². The molecule has 3 heterocycles.